The van der Waals surface area contributed by atoms with Gasteiger partial charge in [-0.2, -0.15) is 0 Å². The zero-order valence-electron chi connectivity index (χ0n) is 15.3. The third kappa shape index (κ3) is 4.84. The molecule has 3 N–H and O–H groups in total. The minimum atomic E-state index is -1.29. The summed E-state index contributed by atoms with van der Waals surface area (Å²) in [6.07, 6.45) is 1.43. The smallest absolute Gasteiger partial charge is 0.335 e. The molecule has 1 saturated heterocycles. The van der Waals surface area contributed by atoms with E-state index >= 15 is 0 Å². The highest BCUT2D eigenvalue weighted by molar-refractivity contribution is 9.10. The van der Waals surface area contributed by atoms with Gasteiger partial charge in [0.15, 0.2) is 0 Å². The van der Waals surface area contributed by atoms with Crippen LogP contribution in [0.1, 0.15) is 21.5 Å². The van der Waals surface area contributed by atoms with E-state index in [4.69, 9.17) is 14.9 Å². The molecule has 0 aliphatic carbocycles. The monoisotopic (exact) mass is 474 g/mol. The summed E-state index contributed by atoms with van der Waals surface area (Å²) in [5, 5.41) is 20.0. The molecule has 3 rings (SSSR count). The number of ether oxygens (including phenoxy) is 1. The van der Waals surface area contributed by atoms with Gasteiger partial charge in [0.05, 0.1) is 10.0 Å². The minimum Gasteiger partial charge on any atom is -0.488 e. The lowest BCUT2D eigenvalue weighted by atomic mass is 10.1. The zero-order chi connectivity index (χ0) is 21.8. The van der Waals surface area contributed by atoms with Crippen molar-refractivity contribution in [2.45, 2.75) is 6.61 Å². The first-order chi connectivity index (χ1) is 14.2. The first-order valence-corrected chi connectivity index (χ1v) is 9.35. The quantitative estimate of drug-likeness (QED) is 0.414. The molecule has 30 heavy (non-hydrogen) atoms. The van der Waals surface area contributed by atoms with Crippen molar-refractivity contribution in [3.8, 4) is 5.75 Å². The van der Waals surface area contributed by atoms with Gasteiger partial charge in [0.25, 0.3) is 5.91 Å². The Morgan fingerprint density at radius 2 is 1.80 bits per heavy atom. The van der Waals surface area contributed by atoms with E-state index in [0.717, 1.165) is 5.56 Å². The van der Waals surface area contributed by atoms with Gasteiger partial charge >= 0.3 is 18.0 Å². The van der Waals surface area contributed by atoms with Gasteiger partial charge in [0.1, 0.15) is 24.6 Å². The van der Waals surface area contributed by atoms with Gasteiger partial charge in [0.2, 0.25) is 0 Å². The Morgan fingerprint density at radius 1 is 1.10 bits per heavy atom. The van der Waals surface area contributed by atoms with Gasteiger partial charge in [0, 0.05) is 0 Å². The summed E-state index contributed by atoms with van der Waals surface area (Å²) in [6.45, 7) is -0.496. The zero-order valence-corrected chi connectivity index (χ0v) is 16.9. The molecule has 2 aromatic rings. The van der Waals surface area contributed by atoms with E-state index in [0.29, 0.717) is 20.7 Å². The number of carbonyl (C=O) groups is 4. The molecule has 1 heterocycles. The standard InChI is InChI=1S/C20H15BrN2O7/c21-14-7-12(8-15-18(26)23(9-17(24)25)20(29)22-15)3-6-16(14)30-10-11-1-4-13(5-2-11)19(27)28/h1-8H,9-10H2,(H,22,29)(H,24,25)(H,27,28)/b15-8+. The van der Waals surface area contributed by atoms with Crippen LogP contribution in [0.15, 0.2) is 52.6 Å². The predicted octanol–water partition coefficient (Wildman–Crippen LogP) is 2.70. The summed E-state index contributed by atoms with van der Waals surface area (Å²) in [4.78, 5) is 46.2. The van der Waals surface area contributed by atoms with Gasteiger partial charge < -0.3 is 20.3 Å². The number of urea groups is 1. The van der Waals surface area contributed by atoms with Crippen molar-refractivity contribution in [2.75, 3.05) is 6.54 Å². The summed E-state index contributed by atoms with van der Waals surface area (Å²) in [7, 11) is 0. The van der Waals surface area contributed by atoms with Crippen molar-refractivity contribution >= 4 is 45.9 Å². The van der Waals surface area contributed by atoms with Crippen LogP contribution in [-0.2, 0) is 16.2 Å². The molecule has 9 nitrogen and oxygen atoms in total. The first kappa shape index (κ1) is 21.1. The van der Waals surface area contributed by atoms with Crippen LogP contribution < -0.4 is 10.1 Å². The molecular weight excluding hydrogens is 460 g/mol. The Kier molecular flexibility index (Phi) is 6.17. The van der Waals surface area contributed by atoms with E-state index < -0.39 is 30.4 Å². The van der Waals surface area contributed by atoms with Crippen LogP contribution in [0.25, 0.3) is 6.08 Å². The van der Waals surface area contributed by atoms with Crippen molar-refractivity contribution in [3.63, 3.8) is 0 Å². The average molecular weight is 475 g/mol. The third-order valence-corrected chi connectivity index (χ3v) is 4.74. The molecule has 0 aromatic heterocycles. The number of carboxylic acid groups (broad SMARTS) is 2. The van der Waals surface area contributed by atoms with Crippen molar-refractivity contribution in [2.24, 2.45) is 0 Å². The van der Waals surface area contributed by atoms with Crippen molar-refractivity contribution in [1.82, 2.24) is 10.2 Å². The Balaban J connectivity index is 1.68. The van der Waals surface area contributed by atoms with Gasteiger partial charge in [-0.1, -0.05) is 18.2 Å². The molecular formula is C20H15BrN2O7. The fourth-order valence-electron chi connectivity index (χ4n) is 2.65. The average Bonchev–Trinajstić information content (AvgIpc) is 2.94. The molecule has 1 aliphatic rings. The molecule has 0 unspecified atom stereocenters. The second-order valence-electron chi connectivity index (χ2n) is 6.25. The lowest BCUT2D eigenvalue weighted by Crippen LogP contribution is -2.35. The molecule has 1 fully saturated rings. The maximum atomic E-state index is 12.2. The molecule has 0 bridgehead atoms. The van der Waals surface area contributed by atoms with Gasteiger partial charge in [-0.05, 0) is 57.4 Å². The lowest BCUT2D eigenvalue weighted by Gasteiger charge is -2.09. The highest BCUT2D eigenvalue weighted by Gasteiger charge is 2.34. The number of carbonyl (C=O) groups excluding carboxylic acids is 2. The SMILES string of the molecule is O=C(O)CN1C(=O)N/C(=C/c2ccc(OCc3ccc(C(=O)O)cc3)c(Br)c2)C1=O. The topological polar surface area (TPSA) is 133 Å². The second kappa shape index (κ2) is 8.78. The normalized spacial score (nSPS) is 14.7. The van der Waals surface area contributed by atoms with E-state index in [1.54, 1.807) is 30.3 Å². The first-order valence-electron chi connectivity index (χ1n) is 8.55. The van der Waals surface area contributed by atoms with Crippen LogP contribution in [0.4, 0.5) is 4.79 Å². The number of benzene rings is 2. The summed E-state index contributed by atoms with van der Waals surface area (Å²) >= 11 is 3.38. The number of carboxylic acids is 2. The Bertz CT molecular complexity index is 1060. The molecule has 0 atom stereocenters. The number of amides is 3. The number of aliphatic carboxylic acids is 1. The molecule has 10 heteroatoms. The number of hydrogen-bond donors (Lipinski definition) is 3. The van der Waals surface area contributed by atoms with E-state index in [9.17, 15) is 19.2 Å². The number of nitrogens with one attached hydrogen (secondary N) is 1. The molecule has 2 aromatic carbocycles. The summed E-state index contributed by atoms with van der Waals surface area (Å²) in [6, 6.07) is 10.5. The van der Waals surface area contributed by atoms with E-state index in [1.165, 1.54) is 18.2 Å². The van der Waals surface area contributed by atoms with Crippen LogP contribution >= 0.6 is 15.9 Å². The van der Waals surface area contributed by atoms with Crippen LogP contribution in [0, 0.1) is 0 Å². The largest absolute Gasteiger partial charge is 0.488 e. The second-order valence-corrected chi connectivity index (χ2v) is 7.11. The van der Waals surface area contributed by atoms with Gasteiger partial charge in [-0.3, -0.25) is 9.59 Å². The minimum absolute atomic E-state index is 0.0275. The molecule has 154 valence electrons. The summed E-state index contributed by atoms with van der Waals surface area (Å²) < 4.78 is 6.32. The molecule has 0 radical (unpaired) electrons. The number of nitrogens with zero attached hydrogens (tertiary/aromatic N) is 1. The van der Waals surface area contributed by atoms with Gasteiger partial charge in [-0.25, -0.2) is 14.5 Å². The van der Waals surface area contributed by atoms with Crippen molar-refractivity contribution in [3.05, 3.63) is 69.3 Å². The summed E-state index contributed by atoms with van der Waals surface area (Å²) in [5.74, 6) is -2.49. The highest BCUT2D eigenvalue weighted by atomic mass is 79.9. The Morgan fingerprint density at radius 3 is 2.40 bits per heavy atom. The maximum absolute atomic E-state index is 12.2. The van der Waals surface area contributed by atoms with Crippen LogP contribution in [0.5, 0.6) is 5.75 Å². The van der Waals surface area contributed by atoms with E-state index in [2.05, 4.69) is 21.2 Å². The molecule has 1 aliphatic heterocycles. The Hall–Kier alpha value is -3.66. The van der Waals surface area contributed by atoms with Crippen LogP contribution in [0.2, 0.25) is 0 Å². The number of halogens is 1. The molecule has 0 spiro atoms. The fourth-order valence-corrected chi connectivity index (χ4v) is 3.16. The third-order valence-electron chi connectivity index (χ3n) is 4.12. The fraction of sp³-hybridized carbons (Fsp3) is 0.100. The molecule has 3 amide bonds. The number of imide groups is 1. The van der Waals surface area contributed by atoms with E-state index in [-0.39, 0.29) is 17.9 Å². The number of rotatable bonds is 7. The Labute approximate surface area is 178 Å². The predicted molar refractivity (Wildman–Crippen MR) is 108 cm³/mol. The van der Waals surface area contributed by atoms with Crippen LogP contribution in [-0.4, -0.2) is 45.5 Å². The lowest BCUT2D eigenvalue weighted by molar-refractivity contribution is -0.140. The maximum Gasteiger partial charge on any atom is 0.335 e. The molecule has 0 saturated carbocycles. The number of hydrogen-bond acceptors (Lipinski definition) is 5. The van der Waals surface area contributed by atoms with Crippen LogP contribution in [0.3, 0.4) is 0 Å². The highest BCUT2D eigenvalue weighted by Crippen LogP contribution is 2.28. The van der Waals surface area contributed by atoms with Crippen molar-refractivity contribution < 1.29 is 34.1 Å². The summed E-state index contributed by atoms with van der Waals surface area (Å²) in [5.41, 5.74) is 1.53. The van der Waals surface area contributed by atoms with Gasteiger partial charge in [-0.15, -0.1) is 0 Å². The number of aromatic carboxylic acids is 1. The van der Waals surface area contributed by atoms with Crippen molar-refractivity contribution in [1.29, 1.82) is 0 Å². The van der Waals surface area contributed by atoms with E-state index in [1.807, 2.05) is 0 Å².